The van der Waals surface area contributed by atoms with Crippen molar-refractivity contribution in [1.29, 1.82) is 5.26 Å². The quantitative estimate of drug-likeness (QED) is 0.638. The van der Waals surface area contributed by atoms with Gasteiger partial charge in [-0.25, -0.2) is 10.4 Å². The van der Waals surface area contributed by atoms with Crippen molar-refractivity contribution >= 4 is 12.2 Å². The summed E-state index contributed by atoms with van der Waals surface area (Å²) in [5, 5.41) is 12.4. The Morgan fingerprint density at radius 1 is 1.48 bits per heavy atom. The van der Waals surface area contributed by atoms with Crippen molar-refractivity contribution in [3.05, 3.63) is 51.9 Å². The lowest BCUT2D eigenvalue weighted by atomic mass is 10.2. The van der Waals surface area contributed by atoms with Crippen LogP contribution in [0.15, 0.2) is 40.2 Å². The zero-order chi connectivity index (χ0) is 15.1. The van der Waals surface area contributed by atoms with Crippen LogP contribution < -0.4 is 15.7 Å². The fraction of sp³-hybridized carbons (Fsp3) is 0.143. The summed E-state index contributed by atoms with van der Waals surface area (Å²) >= 11 is 0. The SMILES string of the molecule is Cc1cc(=O)[nH]c(N/N=C\c2ccc(OCC#N)cc2)n1. The number of H-pyrrole nitrogens is 1. The van der Waals surface area contributed by atoms with Gasteiger partial charge in [0.2, 0.25) is 5.95 Å². The van der Waals surface area contributed by atoms with Gasteiger partial charge in [-0.3, -0.25) is 9.78 Å². The number of benzene rings is 1. The molecule has 0 spiro atoms. The molecular formula is C14H13N5O2. The van der Waals surface area contributed by atoms with E-state index in [4.69, 9.17) is 10.00 Å². The second kappa shape index (κ2) is 6.86. The van der Waals surface area contributed by atoms with E-state index in [0.717, 1.165) is 5.56 Å². The number of nitrogens with one attached hydrogen (secondary N) is 2. The Labute approximate surface area is 120 Å². The standard InChI is InChI=1S/C14H13N5O2/c1-10-8-13(20)18-14(17-10)19-16-9-11-2-4-12(5-3-11)21-7-6-15/h2-5,8-9H,7H2,1H3,(H2,17,18,19,20)/b16-9-. The molecule has 2 rings (SSSR count). The van der Waals surface area contributed by atoms with Crippen molar-refractivity contribution in [3.63, 3.8) is 0 Å². The molecular weight excluding hydrogens is 270 g/mol. The molecule has 0 fully saturated rings. The van der Waals surface area contributed by atoms with Crippen LogP contribution in [0.3, 0.4) is 0 Å². The molecule has 0 aliphatic rings. The number of aromatic nitrogens is 2. The maximum atomic E-state index is 11.2. The number of hydrogen-bond acceptors (Lipinski definition) is 6. The molecule has 2 aromatic rings. The van der Waals surface area contributed by atoms with Crippen molar-refractivity contribution in [2.24, 2.45) is 5.10 Å². The van der Waals surface area contributed by atoms with Gasteiger partial charge < -0.3 is 4.74 Å². The van der Waals surface area contributed by atoms with Crippen molar-refractivity contribution in [2.75, 3.05) is 12.0 Å². The van der Waals surface area contributed by atoms with E-state index < -0.39 is 0 Å². The molecule has 0 unspecified atom stereocenters. The second-order valence-electron chi connectivity index (χ2n) is 4.12. The molecule has 7 nitrogen and oxygen atoms in total. The summed E-state index contributed by atoms with van der Waals surface area (Å²) in [4.78, 5) is 17.9. The van der Waals surface area contributed by atoms with Crippen LogP contribution in [-0.4, -0.2) is 22.8 Å². The maximum Gasteiger partial charge on any atom is 0.252 e. The van der Waals surface area contributed by atoms with Crippen LogP contribution in [0.5, 0.6) is 5.75 Å². The number of hydrazone groups is 1. The highest BCUT2D eigenvalue weighted by molar-refractivity contribution is 5.80. The van der Waals surface area contributed by atoms with Crippen molar-refractivity contribution in [2.45, 2.75) is 6.92 Å². The molecule has 0 atom stereocenters. The molecule has 0 bridgehead atoms. The Kier molecular flexibility index (Phi) is 4.66. The largest absolute Gasteiger partial charge is 0.479 e. The number of hydrogen-bond donors (Lipinski definition) is 2. The Morgan fingerprint density at radius 2 is 2.24 bits per heavy atom. The van der Waals surface area contributed by atoms with Gasteiger partial charge in [0.05, 0.1) is 6.21 Å². The van der Waals surface area contributed by atoms with E-state index in [9.17, 15) is 4.79 Å². The van der Waals surface area contributed by atoms with Gasteiger partial charge in [-0.05, 0) is 36.8 Å². The van der Waals surface area contributed by atoms with Crippen LogP contribution in [0, 0.1) is 18.3 Å². The molecule has 2 N–H and O–H groups in total. The summed E-state index contributed by atoms with van der Waals surface area (Å²) in [6.45, 7) is 1.74. The molecule has 0 amide bonds. The van der Waals surface area contributed by atoms with E-state index in [1.165, 1.54) is 6.07 Å². The van der Waals surface area contributed by atoms with Crippen molar-refractivity contribution in [1.82, 2.24) is 9.97 Å². The predicted octanol–water partition coefficient (Wildman–Crippen LogP) is 1.43. The Balaban J connectivity index is 1.98. The van der Waals surface area contributed by atoms with E-state index in [-0.39, 0.29) is 18.1 Å². The fourth-order valence-corrected chi connectivity index (χ4v) is 1.57. The molecule has 0 aliphatic carbocycles. The third kappa shape index (κ3) is 4.47. The lowest BCUT2D eigenvalue weighted by molar-refractivity contribution is 0.368. The molecule has 1 aromatic heterocycles. The topological polar surface area (TPSA) is 103 Å². The summed E-state index contributed by atoms with van der Waals surface area (Å²) < 4.78 is 5.14. The molecule has 0 radical (unpaired) electrons. The van der Waals surface area contributed by atoms with Crippen molar-refractivity contribution < 1.29 is 4.74 Å². The van der Waals surface area contributed by atoms with Gasteiger partial charge in [0.1, 0.15) is 11.8 Å². The Morgan fingerprint density at radius 3 is 2.90 bits per heavy atom. The minimum absolute atomic E-state index is 0.0153. The van der Waals surface area contributed by atoms with Crippen LogP contribution in [0.1, 0.15) is 11.3 Å². The van der Waals surface area contributed by atoms with Gasteiger partial charge in [-0.15, -0.1) is 0 Å². The summed E-state index contributed by atoms with van der Waals surface area (Å²) in [5.41, 5.74) is 3.86. The summed E-state index contributed by atoms with van der Waals surface area (Å²) in [7, 11) is 0. The molecule has 0 aliphatic heterocycles. The highest BCUT2D eigenvalue weighted by Gasteiger charge is 1.96. The number of nitriles is 1. The first-order valence-electron chi connectivity index (χ1n) is 6.14. The average molecular weight is 283 g/mol. The third-order valence-electron chi connectivity index (χ3n) is 2.44. The third-order valence-corrected chi connectivity index (χ3v) is 2.44. The van der Waals surface area contributed by atoms with E-state index in [1.54, 1.807) is 37.4 Å². The molecule has 106 valence electrons. The van der Waals surface area contributed by atoms with Crippen LogP contribution in [0.25, 0.3) is 0 Å². The number of ether oxygens (including phenoxy) is 1. The first-order chi connectivity index (χ1) is 10.2. The minimum Gasteiger partial charge on any atom is -0.479 e. The van der Waals surface area contributed by atoms with Crippen LogP contribution in [-0.2, 0) is 0 Å². The van der Waals surface area contributed by atoms with Gasteiger partial charge in [-0.1, -0.05) is 0 Å². The highest BCUT2D eigenvalue weighted by Crippen LogP contribution is 2.10. The van der Waals surface area contributed by atoms with Gasteiger partial charge in [0.15, 0.2) is 6.61 Å². The first kappa shape index (κ1) is 14.3. The highest BCUT2D eigenvalue weighted by atomic mass is 16.5. The normalized spacial score (nSPS) is 10.3. The second-order valence-corrected chi connectivity index (χ2v) is 4.12. The number of anilines is 1. The number of nitrogens with zero attached hydrogens (tertiary/aromatic N) is 3. The van der Waals surface area contributed by atoms with E-state index >= 15 is 0 Å². The number of rotatable bonds is 5. The van der Waals surface area contributed by atoms with Crippen LogP contribution in [0.2, 0.25) is 0 Å². The summed E-state index contributed by atoms with van der Waals surface area (Å²) in [6, 6.07) is 10.4. The zero-order valence-electron chi connectivity index (χ0n) is 11.3. The molecule has 21 heavy (non-hydrogen) atoms. The zero-order valence-corrected chi connectivity index (χ0v) is 11.3. The van der Waals surface area contributed by atoms with Gasteiger partial charge in [-0.2, -0.15) is 10.4 Å². The average Bonchev–Trinajstić information content (AvgIpc) is 2.45. The Hall–Kier alpha value is -3.14. The molecule has 0 saturated carbocycles. The lowest BCUT2D eigenvalue weighted by Crippen LogP contribution is -2.10. The number of aromatic amines is 1. The van der Waals surface area contributed by atoms with E-state index in [2.05, 4.69) is 20.5 Å². The first-order valence-corrected chi connectivity index (χ1v) is 6.14. The van der Waals surface area contributed by atoms with Crippen LogP contribution in [0.4, 0.5) is 5.95 Å². The van der Waals surface area contributed by atoms with Gasteiger partial charge in [0, 0.05) is 11.8 Å². The maximum absolute atomic E-state index is 11.2. The van der Waals surface area contributed by atoms with E-state index in [0.29, 0.717) is 11.4 Å². The van der Waals surface area contributed by atoms with E-state index in [1.807, 2.05) is 6.07 Å². The summed E-state index contributed by atoms with van der Waals surface area (Å²) in [5.74, 6) is 0.900. The number of aryl methyl sites for hydroxylation is 1. The fourth-order valence-electron chi connectivity index (χ4n) is 1.57. The summed E-state index contributed by atoms with van der Waals surface area (Å²) in [6.07, 6.45) is 1.58. The monoisotopic (exact) mass is 283 g/mol. The van der Waals surface area contributed by atoms with Crippen molar-refractivity contribution in [3.8, 4) is 11.8 Å². The smallest absolute Gasteiger partial charge is 0.252 e. The molecule has 1 heterocycles. The molecule has 0 saturated heterocycles. The molecule has 7 heteroatoms. The predicted molar refractivity (Wildman–Crippen MR) is 78.4 cm³/mol. The van der Waals surface area contributed by atoms with Gasteiger partial charge >= 0.3 is 0 Å². The van der Waals surface area contributed by atoms with Crippen LogP contribution >= 0.6 is 0 Å². The lowest BCUT2D eigenvalue weighted by Gasteiger charge is -2.01. The minimum atomic E-state index is -0.237. The van der Waals surface area contributed by atoms with Gasteiger partial charge in [0.25, 0.3) is 5.56 Å². The Bertz CT molecular complexity index is 728. The molecule has 1 aromatic carbocycles.